The highest BCUT2D eigenvalue weighted by atomic mass is 16.5. The van der Waals surface area contributed by atoms with Gasteiger partial charge in [0, 0.05) is 5.56 Å². The molecule has 0 aliphatic heterocycles. The lowest BCUT2D eigenvalue weighted by Crippen LogP contribution is -2.48. The number of hydrogen-bond donors (Lipinski definition) is 2. The molecular formula is C23H22N2O4. The van der Waals surface area contributed by atoms with Crippen LogP contribution in [0.2, 0.25) is 0 Å². The van der Waals surface area contributed by atoms with E-state index in [4.69, 9.17) is 9.47 Å². The molecule has 0 aromatic heterocycles. The van der Waals surface area contributed by atoms with Gasteiger partial charge in [-0.05, 0) is 30.7 Å². The smallest absolute Gasteiger partial charge is 0.279 e. The van der Waals surface area contributed by atoms with Crippen LogP contribution in [0.15, 0.2) is 84.9 Å². The summed E-state index contributed by atoms with van der Waals surface area (Å²) in [5.74, 6) is 0.211. The Kier molecular flexibility index (Phi) is 6.84. The molecule has 0 spiro atoms. The molecule has 3 aromatic rings. The summed E-state index contributed by atoms with van der Waals surface area (Å²) in [6, 6.07) is 26.2. The molecule has 0 aliphatic rings. The zero-order chi connectivity index (χ0) is 20.5. The van der Waals surface area contributed by atoms with Crippen LogP contribution in [0.3, 0.4) is 0 Å². The van der Waals surface area contributed by atoms with Gasteiger partial charge in [-0.2, -0.15) is 0 Å². The minimum Gasteiger partial charge on any atom is -0.483 e. The lowest BCUT2D eigenvalue weighted by Gasteiger charge is -2.15. The van der Waals surface area contributed by atoms with Crippen LogP contribution in [-0.2, 0) is 9.59 Å². The summed E-state index contributed by atoms with van der Waals surface area (Å²) in [4.78, 5) is 24.1. The van der Waals surface area contributed by atoms with Gasteiger partial charge in [-0.3, -0.25) is 20.4 Å². The van der Waals surface area contributed by atoms with Crippen LogP contribution in [0.25, 0.3) is 11.1 Å². The van der Waals surface area contributed by atoms with Crippen LogP contribution >= 0.6 is 0 Å². The van der Waals surface area contributed by atoms with E-state index in [2.05, 4.69) is 10.9 Å². The van der Waals surface area contributed by atoms with Crippen molar-refractivity contribution in [2.24, 2.45) is 0 Å². The maximum absolute atomic E-state index is 12.1. The van der Waals surface area contributed by atoms with Crippen LogP contribution in [0.4, 0.5) is 0 Å². The Morgan fingerprint density at radius 3 is 2.17 bits per heavy atom. The van der Waals surface area contributed by atoms with Gasteiger partial charge in [-0.25, -0.2) is 0 Å². The van der Waals surface area contributed by atoms with Gasteiger partial charge in [-0.15, -0.1) is 0 Å². The lowest BCUT2D eigenvalue weighted by molar-refractivity contribution is -0.133. The van der Waals surface area contributed by atoms with Gasteiger partial charge in [-0.1, -0.05) is 66.7 Å². The zero-order valence-corrected chi connectivity index (χ0v) is 16.0. The molecular weight excluding hydrogens is 368 g/mol. The van der Waals surface area contributed by atoms with Crippen LogP contribution in [-0.4, -0.2) is 24.5 Å². The van der Waals surface area contributed by atoms with Crippen LogP contribution in [0, 0.1) is 0 Å². The standard InChI is InChI=1S/C23H22N2O4/c1-17(29-19-12-6-3-7-13-19)23(27)25-24-22(26)16-28-21-15-9-8-14-20(21)18-10-4-2-5-11-18/h2-15,17H,16H2,1H3,(H,24,26)(H,25,27). The van der Waals surface area contributed by atoms with Crippen molar-refractivity contribution in [1.82, 2.24) is 10.9 Å². The first-order chi connectivity index (χ1) is 14.1. The van der Waals surface area contributed by atoms with Crippen molar-refractivity contribution in [1.29, 1.82) is 0 Å². The average Bonchev–Trinajstić information content (AvgIpc) is 2.77. The molecule has 148 valence electrons. The first-order valence-corrected chi connectivity index (χ1v) is 9.21. The molecule has 6 nitrogen and oxygen atoms in total. The highest BCUT2D eigenvalue weighted by Crippen LogP contribution is 2.29. The lowest BCUT2D eigenvalue weighted by atomic mass is 10.1. The third-order valence-electron chi connectivity index (χ3n) is 4.08. The van der Waals surface area contributed by atoms with E-state index in [9.17, 15) is 9.59 Å². The van der Waals surface area contributed by atoms with E-state index in [0.717, 1.165) is 11.1 Å². The summed E-state index contributed by atoms with van der Waals surface area (Å²) in [6.45, 7) is 1.36. The van der Waals surface area contributed by atoms with Crippen molar-refractivity contribution in [2.75, 3.05) is 6.61 Å². The van der Waals surface area contributed by atoms with Crippen LogP contribution < -0.4 is 20.3 Å². The minimum atomic E-state index is -0.766. The van der Waals surface area contributed by atoms with Gasteiger partial charge < -0.3 is 9.47 Å². The second kappa shape index (κ2) is 9.94. The molecule has 0 heterocycles. The fraction of sp³-hybridized carbons (Fsp3) is 0.130. The van der Waals surface area contributed by atoms with E-state index in [1.54, 1.807) is 25.1 Å². The summed E-state index contributed by atoms with van der Waals surface area (Å²) in [7, 11) is 0. The fourth-order valence-corrected chi connectivity index (χ4v) is 2.62. The molecule has 0 fully saturated rings. The molecule has 1 unspecified atom stereocenters. The maximum atomic E-state index is 12.1. The Labute approximate surface area is 169 Å². The van der Waals surface area contributed by atoms with E-state index < -0.39 is 17.9 Å². The van der Waals surface area contributed by atoms with Crippen LogP contribution in [0.5, 0.6) is 11.5 Å². The summed E-state index contributed by atoms with van der Waals surface area (Å²) in [5, 5.41) is 0. The summed E-state index contributed by atoms with van der Waals surface area (Å²) in [5.41, 5.74) is 6.55. The highest BCUT2D eigenvalue weighted by Gasteiger charge is 2.15. The molecule has 6 heteroatoms. The number of amides is 2. The van der Waals surface area contributed by atoms with Gasteiger partial charge in [0.1, 0.15) is 11.5 Å². The molecule has 0 saturated heterocycles. The fourth-order valence-electron chi connectivity index (χ4n) is 2.62. The van der Waals surface area contributed by atoms with Crippen LogP contribution in [0.1, 0.15) is 6.92 Å². The number of hydrazine groups is 1. The Hall–Kier alpha value is -3.80. The first-order valence-electron chi connectivity index (χ1n) is 9.21. The maximum Gasteiger partial charge on any atom is 0.279 e. The molecule has 29 heavy (non-hydrogen) atoms. The number of rotatable bonds is 7. The second-order valence-electron chi connectivity index (χ2n) is 6.26. The quantitative estimate of drug-likeness (QED) is 0.607. The molecule has 0 radical (unpaired) electrons. The third-order valence-corrected chi connectivity index (χ3v) is 4.08. The zero-order valence-electron chi connectivity index (χ0n) is 16.0. The van der Waals surface area contributed by atoms with Crippen molar-refractivity contribution >= 4 is 11.8 Å². The van der Waals surface area contributed by atoms with E-state index >= 15 is 0 Å². The predicted octanol–water partition coefficient (Wildman–Crippen LogP) is 3.35. The summed E-state index contributed by atoms with van der Waals surface area (Å²) < 4.78 is 11.2. The predicted molar refractivity (Wildman–Crippen MR) is 110 cm³/mol. The van der Waals surface area contributed by atoms with Gasteiger partial charge in [0.15, 0.2) is 12.7 Å². The largest absolute Gasteiger partial charge is 0.483 e. The van der Waals surface area contributed by atoms with E-state index in [-0.39, 0.29) is 6.61 Å². The van der Waals surface area contributed by atoms with Gasteiger partial charge in [0.25, 0.3) is 11.8 Å². The monoisotopic (exact) mass is 390 g/mol. The van der Waals surface area contributed by atoms with Crippen molar-refractivity contribution in [3.8, 4) is 22.6 Å². The molecule has 0 saturated carbocycles. The second-order valence-corrected chi connectivity index (χ2v) is 6.26. The summed E-state index contributed by atoms with van der Waals surface area (Å²) >= 11 is 0. The number of carbonyl (C=O) groups is 2. The Bertz CT molecular complexity index is 945. The Morgan fingerprint density at radius 2 is 1.45 bits per heavy atom. The molecule has 3 aromatic carbocycles. The topological polar surface area (TPSA) is 76.7 Å². The van der Waals surface area contributed by atoms with E-state index in [0.29, 0.717) is 11.5 Å². The number of carbonyl (C=O) groups excluding carboxylic acids is 2. The Morgan fingerprint density at radius 1 is 0.828 bits per heavy atom. The average molecular weight is 390 g/mol. The van der Waals surface area contributed by atoms with E-state index in [1.807, 2.05) is 66.7 Å². The molecule has 3 rings (SSSR count). The molecule has 1 atom stereocenters. The third kappa shape index (κ3) is 5.84. The van der Waals surface area contributed by atoms with Crippen molar-refractivity contribution in [2.45, 2.75) is 13.0 Å². The van der Waals surface area contributed by atoms with Crippen molar-refractivity contribution < 1.29 is 19.1 Å². The minimum absolute atomic E-state index is 0.238. The van der Waals surface area contributed by atoms with Crippen molar-refractivity contribution in [3.63, 3.8) is 0 Å². The van der Waals surface area contributed by atoms with E-state index in [1.165, 1.54) is 0 Å². The Balaban J connectivity index is 1.49. The summed E-state index contributed by atoms with van der Waals surface area (Å²) in [6.07, 6.45) is -0.766. The first kappa shape index (κ1) is 19.9. The normalized spacial score (nSPS) is 11.2. The number of hydrogen-bond acceptors (Lipinski definition) is 4. The number of para-hydroxylation sites is 2. The SMILES string of the molecule is CC(Oc1ccccc1)C(=O)NNC(=O)COc1ccccc1-c1ccccc1. The number of ether oxygens (including phenoxy) is 2. The highest BCUT2D eigenvalue weighted by molar-refractivity contribution is 5.85. The van der Waals surface area contributed by atoms with Gasteiger partial charge in [0.2, 0.25) is 0 Å². The molecule has 0 aliphatic carbocycles. The van der Waals surface area contributed by atoms with Crippen molar-refractivity contribution in [3.05, 3.63) is 84.9 Å². The van der Waals surface area contributed by atoms with Gasteiger partial charge in [0.05, 0.1) is 0 Å². The molecule has 2 N–H and O–H groups in total. The molecule has 0 bridgehead atoms. The van der Waals surface area contributed by atoms with Gasteiger partial charge >= 0.3 is 0 Å². The molecule has 2 amide bonds. The number of nitrogens with one attached hydrogen (secondary N) is 2. The number of benzene rings is 3.